The van der Waals surface area contributed by atoms with E-state index in [4.69, 9.17) is 44.3 Å². The van der Waals surface area contributed by atoms with E-state index in [1.807, 2.05) is 26.0 Å². The second-order valence-electron chi connectivity index (χ2n) is 7.16. The van der Waals surface area contributed by atoms with Gasteiger partial charge in [-0.25, -0.2) is 4.39 Å². The Morgan fingerprint density at radius 1 is 0.931 bits per heavy atom. The first kappa shape index (κ1) is 24.0. The molecule has 0 heterocycles. The van der Waals surface area contributed by atoms with Gasteiger partial charge in [-0.05, 0) is 35.4 Å². The van der Waals surface area contributed by atoms with Gasteiger partial charge in [0.15, 0.2) is 5.75 Å². The zero-order valence-electron chi connectivity index (χ0n) is 16.2. The van der Waals surface area contributed by atoms with Crippen LogP contribution in [0.2, 0.25) is 10.0 Å². The Morgan fingerprint density at radius 3 is 2.00 bits per heavy atom. The van der Waals surface area contributed by atoms with Crippen molar-refractivity contribution in [3.63, 3.8) is 0 Å². The van der Waals surface area contributed by atoms with Gasteiger partial charge in [0.25, 0.3) is 0 Å². The van der Waals surface area contributed by atoms with Crippen LogP contribution in [0.15, 0.2) is 36.4 Å². The van der Waals surface area contributed by atoms with Crippen molar-refractivity contribution < 1.29 is 24.1 Å². The molecule has 2 atom stereocenters. The fourth-order valence-electron chi connectivity index (χ4n) is 2.65. The number of hydrogen-bond acceptors (Lipinski definition) is 4. The van der Waals surface area contributed by atoms with Crippen LogP contribution in [0.5, 0.6) is 11.5 Å². The van der Waals surface area contributed by atoms with Crippen LogP contribution in [0.1, 0.15) is 25.0 Å². The van der Waals surface area contributed by atoms with Crippen LogP contribution in [-0.2, 0) is 5.41 Å². The van der Waals surface area contributed by atoms with Crippen LogP contribution in [0.4, 0.5) is 4.39 Å². The van der Waals surface area contributed by atoms with E-state index >= 15 is 0 Å². The number of aliphatic hydroxyl groups excluding tert-OH is 2. The highest BCUT2D eigenvalue weighted by atomic mass is 35.5. The highest BCUT2D eigenvalue weighted by Crippen LogP contribution is 2.40. The third kappa shape index (κ3) is 6.37. The maximum atomic E-state index is 12.3. The molecular weight excluding hydrogens is 442 g/mol. The number of ether oxygens (including phenoxy) is 2. The van der Waals surface area contributed by atoms with Gasteiger partial charge in [0.1, 0.15) is 37.8 Å². The Balaban J connectivity index is 2.19. The predicted octanol–water partition coefficient (Wildman–Crippen LogP) is 5.01. The van der Waals surface area contributed by atoms with Crippen molar-refractivity contribution in [1.82, 2.24) is 0 Å². The van der Waals surface area contributed by atoms with E-state index in [0.717, 1.165) is 11.1 Å². The first-order chi connectivity index (χ1) is 13.7. The number of rotatable bonds is 10. The van der Waals surface area contributed by atoms with Gasteiger partial charge in [-0.3, -0.25) is 0 Å². The molecule has 8 heteroatoms. The van der Waals surface area contributed by atoms with Crippen molar-refractivity contribution in [3.05, 3.63) is 57.6 Å². The Kier molecular flexibility index (Phi) is 8.86. The molecule has 2 rings (SSSR count). The molecule has 2 aromatic carbocycles. The molecule has 4 nitrogen and oxygen atoms in total. The molecule has 0 aliphatic heterocycles. The first-order valence-corrected chi connectivity index (χ1v) is 10.3. The third-order valence-electron chi connectivity index (χ3n) is 4.51. The van der Waals surface area contributed by atoms with E-state index in [1.54, 1.807) is 24.3 Å². The standard InChI is InChI=1S/C21H24Cl3FO4/c1-21(2,13-3-5-17(6-4-13)28-12-16(27)10-25)14-7-18(23)20(19(24)8-14)29-11-15(26)9-22/h3-8,15-16,26-27H,9-12H2,1-2H3/t15-,16+/m0/s1. The van der Waals surface area contributed by atoms with E-state index in [1.165, 1.54) is 0 Å². The summed E-state index contributed by atoms with van der Waals surface area (Å²) in [5.74, 6) is 0.884. The van der Waals surface area contributed by atoms with Crippen LogP contribution in [-0.4, -0.2) is 48.2 Å². The zero-order chi connectivity index (χ0) is 21.6. The van der Waals surface area contributed by atoms with Gasteiger partial charge in [-0.1, -0.05) is 49.2 Å². The van der Waals surface area contributed by atoms with E-state index in [0.29, 0.717) is 21.5 Å². The van der Waals surface area contributed by atoms with Crippen LogP contribution in [0.25, 0.3) is 0 Å². The van der Waals surface area contributed by atoms with Gasteiger partial charge in [0.2, 0.25) is 0 Å². The molecule has 160 valence electrons. The molecule has 0 aromatic heterocycles. The Bertz CT molecular complexity index is 776. The van der Waals surface area contributed by atoms with Gasteiger partial charge in [0, 0.05) is 5.41 Å². The fraction of sp³-hybridized carbons (Fsp3) is 0.429. The summed E-state index contributed by atoms with van der Waals surface area (Å²) < 4.78 is 23.2. The smallest absolute Gasteiger partial charge is 0.156 e. The van der Waals surface area contributed by atoms with E-state index in [2.05, 4.69) is 0 Å². The van der Waals surface area contributed by atoms with E-state index in [-0.39, 0.29) is 19.1 Å². The molecule has 0 radical (unpaired) electrons. The van der Waals surface area contributed by atoms with Crippen LogP contribution < -0.4 is 9.47 Å². The van der Waals surface area contributed by atoms with Crippen molar-refractivity contribution in [2.24, 2.45) is 0 Å². The number of hydrogen-bond donors (Lipinski definition) is 2. The topological polar surface area (TPSA) is 58.9 Å². The van der Waals surface area contributed by atoms with Crippen molar-refractivity contribution in [2.45, 2.75) is 31.5 Å². The molecule has 0 unspecified atom stereocenters. The molecule has 0 aliphatic rings. The summed E-state index contributed by atoms with van der Waals surface area (Å²) in [6, 6.07) is 10.8. The summed E-state index contributed by atoms with van der Waals surface area (Å²) in [5, 5.41) is 19.5. The third-order valence-corrected chi connectivity index (χ3v) is 5.43. The normalized spacial score (nSPS) is 13.8. The van der Waals surface area contributed by atoms with Gasteiger partial charge < -0.3 is 19.7 Å². The van der Waals surface area contributed by atoms with E-state index < -0.39 is 24.3 Å². The minimum atomic E-state index is -1.14. The molecule has 0 bridgehead atoms. The number of aliphatic hydroxyl groups is 2. The highest BCUT2D eigenvalue weighted by molar-refractivity contribution is 6.37. The first-order valence-electron chi connectivity index (χ1n) is 9.02. The SMILES string of the molecule is CC(C)(c1ccc(OC[C@H](O)CF)cc1)c1cc(Cl)c(OC[C@@H](O)CCl)c(Cl)c1. The summed E-state index contributed by atoms with van der Waals surface area (Å²) in [5.41, 5.74) is 1.42. The lowest BCUT2D eigenvalue weighted by atomic mass is 9.78. The van der Waals surface area contributed by atoms with Crippen molar-refractivity contribution in [2.75, 3.05) is 25.8 Å². The predicted molar refractivity (Wildman–Crippen MR) is 115 cm³/mol. The second-order valence-corrected chi connectivity index (χ2v) is 8.28. The Morgan fingerprint density at radius 2 is 1.48 bits per heavy atom. The Labute approximate surface area is 185 Å². The molecule has 0 saturated heterocycles. The molecule has 29 heavy (non-hydrogen) atoms. The number of alkyl halides is 2. The molecule has 0 fully saturated rings. The van der Waals surface area contributed by atoms with Gasteiger partial charge in [0.05, 0.1) is 15.9 Å². The lowest BCUT2D eigenvalue weighted by Gasteiger charge is -2.27. The minimum absolute atomic E-state index is 0.00968. The largest absolute Gasteiger partial charge is 0.491 e. The zero-order valence-corrected chi connectivity index (χ0v) is 18.4. The van der Waals surface area contributed by atoms with Gasteiger partial charge in [-0.15, -0.1) is 11.6 Å². The van der Waals surface area contributed by atoms with Crippen LogP contribution in [0.3, 0.4) is 0 Å². The van der Waals surface area contributed by atoms with Crippen LogP contribution >= 0.6 is 34.8 Å². The van der Waals surface area contributed by atoms with Crippen molar-refractivity contribution in [3.8, 4) is 11.5 Å². The molecule has 2 N–H and O–H groups in total. The minimum Gasteiger partial charge on any atom is -0.491 e. The lowest BCUT2D eigenvalue weighted by molar-refractivity contribution is 0.0842. The average molecular weight is 466 g/mol. The maximum absolute atomic E-state index is 12.3. The maximum Gasteiger partial charge on any atom is 0.156 e. The molecule has 0 aliphatic carbocycles. The molecular formula is C21H24Cl3FO4. The van der Waals surface area contributed by atoms with Gasteiger partial charge in [-0.2, -0.15) is 0 Å². The second kappa shape index (κ2) is 10.7. The fourth-order valence-corrected chi connectivity index (χ4v) is 3.34. The summed E-state index contributed by atoms with van der Waals surface area (Å²) in [4.78, 5) is 0. The summed E-state index contributed by atoms with van der Waals surface area (Å²) in [6.45, 7) is 3.08. The lowest BCUT2D eigenvalue weighted by Crippen LogP contribution is -2.21. The molecule has 0 amide bonds. The summed E-state index contributed by atoms with van der Waals surface area (Å²) >= 11 is 18.3. The highest BCUT2D eigenvalue weighted by Gasteiger charge is 2.26. The van der Waals surface area contributed by atoms with Crippen molar-refractivity contribution in [1.29, 1.82) is 0 Å². The average Bonchev–Trinajstić information content (AvgIpc) is 2.71. The monoisotopic (exact) mass is 464 g/mol. The van der Waals surface area contributed by atoms with E-state index in [9.17, 15) is 14.6 Å². The number of halogens is 4. The molecule has 0 spiro atoms. The Hall–Kier alpha value is -1.24. The van der Waals surface area contributed by atoms with Crippen LogP contribution in [0, 0.1) is 0 Å². The number of benzene rings is 2. The summed E-state index contributed by atoms with van der Waals surface area (Å²) in [6.07, 6.45) is -1.95. The van der Waals surface area contributed by atoms with Crippen molar-refractivity contribution >= 4 is 34.8 Å². The van der Waals surface area contributed by atoms with Gasteiger partial charge >= 0.3 is 0 Å². The molecule has 0 saturated carbocycles. The molecule has 2 aromatic rings. The quantitative estimate of drug-likeness (QED) is 0.484. The summed E-state index contributed by atoms with van der Waals surface area (Å²) in [7, 11) is 0.